The van der Waals surface area contributed by atoms with E-state index in [0.717, 1.165) is 5.56 Å². The highest BCUT2D eigenvalue weighted by Crippen LogP contribution is 2.19. The molecule has 0 fully saturated rings. The van der Waals surface area contributed by atoms with Gasteiger partial charge in [-0.3, -0.25) is 0 Å². The zero-order chi connectivity index (χ0) is 13.0. The van der Waals surface area contributed by atoms with Crippen molar-refractivity contribution < 1.29 is 19.3 Å². The number of hydrogen-bond donors (Lipinski definition) is 2. The van der Waals surface area contributed by atoms with Crippen molar-refractivity contribution in [3.05, 3.63) is 59.4 Å². The van der Waals surface area contributed by atoms with Crippen molar-refractivity contribution >= 4 is 0 Å². The smallest absolute Gasteiger partial charge is 0.127 e. The van der Waals surface area contributed by atoms with Gasteiger partial charge in [0.2, 0.25) is 0 Å². The third-order valence-corrected chi connectivity index (χ3v) is 2.43. The van der Waals surface area contributed by atoms with Crippen molar-refractivity contribution in [3.8, 4) is 11.5 Å². The van der Waals surface area contributed by atoms with E-state index in [1.54, 1.807) is 30.3 Å². The second-order valence-corrected chi connectivity index (χ2v) is 3.91. The molecular weight excluding hydrogens is 235 g/mol. The van der Waals surface area contributed by atoms with E-state index in [0.29, 0.717) is 11.3 Å². The number of aromatic hydroxyl groups is 1. The molecule has 0 amide bonds. The summed E-state index contributed by atoms with van der Waals surface area (Å²) < 4.78 is 18.6. The van der Waals surface area contributed by atoms with Crippen LogP contribution in [0.1, 0.15) is 11.1 Å². The highest BCUT2D eigenvalue weighted by molar-refractivity contribution is 5.30. The van der Waals surface area contributed by atoms with E-state index < -0.39 is 5.82 Å². The number of phenolic OH excluding ortho intramolecular Hbond substituents is 1. The fraction of sp³-hybridized carbons (Fsp3) is 0.143. The number of rotatable bonds is 4. The van der Waals surface area contributed by atoms with Crippen LogP contribution in [0.5, 0.6) is 11.5 Å². The van der Waals surface area contributed by atoms with Crippen molar-refractivity contribution in [2.45, 2.75) is 13.2 Å². The van der Waals surface area contributed by atoms with Crippen LogP contribution >= 0.6 is 0 Å². The molecular formula is C14H13FO3. The lowest BCUT2D eigenvalue weighted by atomic mass is 10.2. The summed E-state index contributed by atoms with van der Waals surface area (Å²) in [6, 6.07) is 10.7. The summed E-state index contributed by atoms with van der Waals surface area (Å²) >= 11 is 0. The minimum absolute atomic E-state index is 0.159. The lowest BCUT2D eigenvalue weighted by Gasteiger charge is -2.08. The fourth-order valence-electron chi connectivity index (χ4n) is 1.61. The van der Waals surface area contributed by atoms with Crippen molar-refractivity contribution in [2.75, 3.05) is 0 Å². The molecule has 0 radical (unpaired) electrons. The highest BCUT2D eigenvalue weighted by Gasteiger charge is 2.02. The van der Waals surface area contributed by atoms with Crippen LogP contribution in [-0.4, -0.2) is 10.2 Å². The molecule has 4 heteroatoms. The standard InChI is InChI=1S/C14H13FO3/c15-12-4-11(8-16)6-14(7-12)18-9-10-2-1-3-13(17)5-10/h1-7,16-17H,8-9H2. The molecule has 2 N–H and O–H groups in total. The Morgan fingerprint density at radius 2 is 1.89 bits per heavy atom. The van der Waals surface area contributed by atoms with Crippen LogP contribution in [0.2, 0.25) is 0 Å². The van der Waals surface area contributed by atoms with Crippen LogP contribution in [0, 0.1) is 5.82 Å². The molecule has 0 aliphatic carbocycles. The van der Waals surface area contributed by atoms with E-state index >= 15 is 0 Å². The Morgan fingerprint density at radius 3 is 2.61 bits per heavy atom. The molecule has 0 bridgehead atoms. The topological polar surface area (TPSA) is 49.7 Å². The second-order valence-electron chi connectivity index (χ2n) is 3.91. The largest absolute Gasteiger partial charge is 0.508 e. The zero-order valence-corrected chi connectivity index (χ0v) is 9.64. The molecule has 0 saturated heterocycles. The maximum absolute atomic E-state index is 13.2. The van der Waals surface area contributed by atoms with E-state index in [9.17, 15) is 9.50 Å². The van der Waals surface area contributed by atoms with Gasteiger partial charge in [-0.25, -0.2) is 4.39 Å². The lowest BCUT2D eigenvalue weighted by Crippen LogP contribution is -1.97. The number of benzene rings is 2. The van der Waals surface area contributed by atoms with E-state index in [2.05, 4.69) is 0 Å². The van der Waals surface area contributed by atoms with E-state index in [1.807, 2.05) is 0 Å². The second kappa shape index (κ2) is 5.51. The van der Waals surface area contributed by atoms with Gasteiger partial charge in [0.05, 0.1) is 6.61 Å². The summed E-state index contributed by atoms with van der Waals surface area (Å²) in [5.41, 5.74) is 1.24. The quantitative estimate of drug-likeness (QED) is 0.874. The van der Waals surface area contributed by atoms with Crippen LogP contribution in [-0.2, 0) is 13.2 Å². The van der Waals surface area contributed by atoms with Gasteiger partial charge in [0.25, 0.3) is 0 Å². The molecule has 2 aromatic rings. The minimum atomic E-state index is -0.451. The first-order valence-corrected chi connectivity index (χ1v) is 5.48. The molecule has 0 aliphatic rings. The first-order chi connectivity index (χ1) is 8.67. The Labute approximate surface area is 104 Å². The molecule has 2 rings (SSSR count). The van der Waals surface area contributed by atoms with Crippen molar-refractivity contribution in [1.82, 2.24) is 0 Å². The molecule has 0 aliphatic heterocycles. The normalized spacial score (nSPS) is 10.3. The summed E-state index contributed by atoms with van der Waals surface area (Å²) in [4.78, 5) is 0. The van der Waals surface area contributed by atoms with Crippen molar-refractivity contribution in [3.63, 3.8) is 0 Å². The Kier molecular flexibility index (Phi) is 3.79. The van der Waals surface area contributed by atoms with Gasteiger partial charge < -0.3 is 14.9 Å². The highest BCUT2D eigenvalue weighted by atomic mass is 19.1. The summed E-state index contributed by atoms with van der Waals surface area (Å²) in [5, 5.41) is 18.2. The molecule has 3 nitrogen and oxygen atoms in total. The predicted molar refractivity (Wildman–Crippen MR) is 64.8 cm³/mol. The van der Waals surface area contributed by atoms with Crippen molar-refractivity contribution in [2.24, 2.45) is 0 Å². The number of phenols is 1. The van der Waals surface area contributed by atoms with Crippen LogP contribution < -0.4 is 4.74 Å². The number of hydrogen-bond acceptors (Lipinski definition) is 3. The summed E-state index contributed by atoms with van der Waals surface area (Å²) in [6.07, 6.45) is 0. The third kappa shape index (κ3) is 3.21. The summed E-state index contributed by atoms with van der Waals surface area (Å²) in [6.45, 7) is -0.0109. The van der Waals surface area contributed by atoms with Gasteiger partial charge in [0, 0.05) is 6.07 Å². The SMILES string of the molecule is OCc1cc(F)cc(OCc2cccc(O)c2)c1. The van der Waals surface area contributed by atoms with E-state index in [-0.39, 0.29) is 19.0 Å². The van der Waals surface area contributed by atoms with E-state index in [1.165, 1.54) is 12.1 Å². The molecule has 2 aromatic carbocycles. The van der Waals surface area contributed by atoms with Gasteiger partial charge in [-0.05, 0) is 35.4 Å². The number of ether oxygens (including phenoxy) is 1. The first-order valence-electron chi connectivity index (χ1n) is 5.48. The van der Waals surface area contributed by atoms with Gasteiger partial charge in [-0.15, -0.1) is 0 Å². The maximum atomic E-state index is 13.2. The summed E-state index contributed by atoms with van der Waals surface area (Å²) in [7, 11) is 0. The van der Waals surface area contributed by atoms with Gasteiger partial charge in [0.1, 0.15) is 23.9 Å². The van der Waals surface area contributed by atoms with Crippen LogP contribution in [0.25, 0.3) is 0 Å². The van der Waals surface area contributed by atoms with Crippen molar-refractivity contribution in [1.29, 1.82) is 0 Å². The molecule has 0 spiro atoms. The van der Waals surface area contributed by atoms with Crippen LogP contribution in [0.3, 0.4) is 0 Å². The fourth-order valence-corrected chi connectivity index (χ4v) is 1.61. The van der Waals surface area contributed by atoms with Gasteiger partial charge in [-0.2, -0.15) is 0 Å². The molecule has 18 heavy (non-hydrogen) atoms. The maximum Gasteiger partial charge on any atom is 0.127 e. The average Bonchev–Trinajstić information content (AvgIpc) is 2.36. The zero-order valence-electron chi connectivity index (χ0n) is 9.64. The Hall–Kier alpha value is -2.07. The molecule has 0 heterocycles. The first kappa shape index (κ1) is 12.4. The number of aliphatic hydroxyl groups excluding tert-OH is 1. The lowest BCUT2D eigenvalue weighted by molar-refractivity contribution is 0.276. The summed E-state index contributed by atoms with van der Waals surface area (Å²) in [5.74, 6) is 0.0567. The molecule has 0 atom stereocenters. The Morgan fingerprint density at radius 1 is 1.06 bits per heavy atom. The average molecular weight is 248 g/mol. The van der Waals surface area contributed by atoms with Crippen LogP contribution in [0.4, 0.5) is 4.39 Å². The number of aliphatic hydroxyl groups is 1. The van der Waals surface area contributed by atoms with Gasteiger partial charge >= 0.3 is 0 Å². The monoisotopic (exact) mass is 248 g/mol. The van der Waals surface area contributed by atoms with E-state index in [4.69, 9.17) is 9.84 Å². The molecule has 0 saturated carbocycles. The molecule has 0 unspecified atom stereocenters. The Balaban J connectivity index is 2.08. The van der Waals surface area contributed by atoms with Crippen LogP contribution in [0.15, 0.2) is 42.5 Å². The number of halogens is 1. The molecule has 94 valence electrons. The molecule has 0 aromatic heterocycles. The minimum Gasteiger partial charge on any atom is -0.508 e. The predicted octanol–water partition coefficient (Wildman–Crippen LogP) is 2.60. The Bertz CT molecular complexity index is 540. The van der Waals surface area contributed by atoms with Gasteiger partial charge in [0.15, 0.2) is 0 Å². The third-order valence-electron chi connectivity index (χ3n) is 2.43. The van der Waals surface area contributed by atoms with Gasteiger partial charge in [-0.1, -0.05) is 12.1 Å².